The predicted octanol–water partition coefficient (Wildman–Crippen LogP) is 4.10. The van der Waals surface area contributed by atoms with Crippen LogP contribution in [-0.4, -0.2) is 11.2 Å². The minimum atomic E-state index is -0.175. The fourth-order valence-electron chi connectivity index (χ4n) is 2.66. The second-order valence-corrected chi connectivity index (χ2v) is 5.28. The molecule has 0 amide bonds. The summed E-state index contributed by atoms with van der Waals surface area (Å²) < 4.78 is 5.84. The van der Waals surface area contributed by atoms with E-state index in [0.29, 0.717) is 5.92 Å². The zero-order chi connectivity index (χ0) is 11.8. The van der Waals surface area contributed by atoms with E-state index in [1.807, 2.05) is 18.2 Å². The molecule has 1 heterocycles. The summed E-state index contributed by atoms with van der Waals surface area (Å²) >= 11 is 5.96. The molecule has 3 heteroatoms. The molecule has 2 aromatic rings. The van der Waals surface area contributed by atoms with E-state index in [1.54, 1.807) is 0 Å². The molecule has 1 N–H and O–H groups in total. The summed E-state index contributed by atoms with van der Waals surface area (Å²) in [4.78, 5) is 0. The van der Waals surface area contributed by atoms with Gasteiger partial charge in [0, 0.05) is 16.3 Å². The van der Waals surface area contributed by atoms with Gasteiger partial charge in [-0.3, -0.25) is 0 Å². The largest absolute Gasteiger partial charge is 0.461 e. The lowest BCUT2D eigenvalue weighted by Crippen LogP contribution is -2.17. The van der Waals surface area contributed by atoms with Gasteiger partial charge in [0.1, 0.15) is 11.3 Å². The van der Waals surface area contributed by atoms with Gasteiger partial charge in [0.15, 0.2) is 0 Å². The number of furan rings is 1. The zero-order valence-electron chi connectivity index (χ0n) is 9.53. The SMILES string of the molecule is OC1CCCC(c2cc3cc(Cl)ccc3o2)C1. The smallest absolute Gasteiger partial charge is 0.134 e. The molecule has 1 fully saturated rings. The lowest BCUT2D eigenvalue weighted by Gasteiger charge is -2.23. The molecule has 1 saturated carbocycles. The molecule has 1 aliphatic rings. The number of benzene rings is 1. The topological polar surface area (TPSA) is 33.4 Å². The van der Waals surface area contributed by atoms with Crippen LogP contribution >= 0.6 is 11.6 Å². The normalized spacial score (nSPS) is 25.3. The van der Waals surface area contributed by atoms with E-state index in [2.05, 4.69) is 6.07 Å². The van der Waals surface area contributed by atoms with Crippen molar-refractivity contribution in [2.75, 3.05) is 0 Å². The van der Waals surface area contributed by atoms with E-state index in [-0.39, 0.29) is 6.10 Å². The monoisotopic (exact) mass is 250 g/mol. The van der Waals surface area contributed by atoms with Crippen molar-refractivity contribution in [2.45, 2.75) is 37.7 Å². The van der Waals surface area contributed by atoms with Crippen LogP contribution in [0.2, 0.25) is 5.02 Å². The average molecular weight is 251 g/mol. The highest BCUT2D eigenvalue weighted by molar-refractivity contribution is 6.31. The van der Waals surface area contributed by atoms with Crippen molar-refractivity contribution < 1.29 is 9.52 Å². The molecule has 1 aromatic carbocycles. The molecule has 2 atom stereocenters. The highest BCUT2D eigenvalue weighted by Crippen LogP contribution is 2.36. The van der Waals surface area contributed by atoms with Gasteiger partial charge in [-0.15, -0.1) is 0 Å². The lowest BCUT2D eigenvalue weighted by molar-refractivity contribution is 0.115. The van der Waals surface area contributed by atoms with Crippen LogP contribution in [0.1, 0.15) is 37.4 Å². The molecular formula is C14H15ClO2. The Morgan fingerprint density at radius 3 is 2.94 bits per heavy atom. The number of aliphatic hydroxyl groups is 1. The number of hydrogen-bond acceptors (Lipinski definition) is 2. The lowest BCUT2D eigenvalue weighted by atomic mass is 9.86. The fourth-order valence-corrected chi connectivity index (χ4v) is 2.84. The second-order valence-electron chi connectivity index (χ2n) is 4.85. The summed E-state index contributed by atoms with van der Waals surface area (Å²) in [7, 11) is 0. The van der Waals surface area contributed by atoms with Crippen molar-refractivity contribution in [3.05, 3.63) is 35.0 Å². The van der Waals surface area contributed by atoms with E-state index < -0.39 is 0 Å². The number of fused-ring (bicyclic) bond motifs is 1. The Morgan fingerprint density at radius 2 is 2.12 bits per heavy atom. The van der Waals surface area contributed by atoms with Gasteiger partial charge in [-0.1, -0.05) is 18.0 Å². The maximum absolute atomic E-state index is 9.70. The minimum absolute atomic E-state index is 0.175. The van der Waals surface area contributed by atoms with Crippen LogP contribution in [0, 0.1) is 0 Å². The van der Waals surface area contributed by atoms with Gasteiger partial charge < -0.3 is 9.52 Å². The van der Waals surface area contributed by atoms with E-state index in [1.165, 1.54) is 0 Å². The minimum Gasteiger partial charge on any atom is -0.461 e. The maximum Gasteiger partial charge on any atom is 0.134 e. The first kappa shape index (κ1) is 11.1. The summed E-state index contributed by atoms with van der Waals surface area (Å²) in [6, 6.07) is 7.72. The first-order valence-electron chi connectivity index (χ1n) is 6.09. The van der Waals surface area contributed by atoms with Crippen LogP contribution in [0.15, 0.2) is 28.7 Å². The van der Waals surface area contributed by atoms with E-state index >= 15 is 0 Å². The molecular weight excluding hydrogens is 236 g/mol. The number of rotatable bonds is 1. The molecule has 2 unspecified atom stereocenters. The van der Waals surface area contributed by atoms with Crippen molar-refractivity contribution in [2.24, 2.45) is 0 Å². The van der Waals surface area contributed by atoms with Gasteiger partial charge in [-0.25, -0.2) is 0 Å². The molecule has 1 aliphatic carbocycles. The van der Waals surface area contributed by atoms with Crippen molar-refractivity contribution in [3.63, 3.8) is 0 Å². The molecule has 0 bridgehead atoms. The van der Waals surface area contributed by atoms with Gasteiger partial charge in [0.25, 0.3) is 0 Å². The Labute approximate surface area is 105 Å². The van der Waals surface area contributed by atoms with Crippen molar-refractivity contribution >= 4 is 22.6 Å². The Bertz CT molecular complexity index is 532. The first-order chi connectivity index (χ1) is 8.22. The Hall–Kier alpha value is -0.990. The van der Waals surface area contributed by atoms with Gasteiger partial charge >= 0.3 is 0 Å². The first-order valence-corrected chi connectivity index (χ1v) is 6.47. The van der Waals surface area contributed by atoms with Crippen molar-refractivity contribution in [1.29, 1.82) is 0 Å². The number of aliphatic hydroxyl groups excluding tert-OH is 1. The summed E-state index contributed by atoms with van der Waals surface area (Å²) in [6.07, 6.45) is 3.73. The van der Waals surface area contributed by atoms with Crippen molar-refractivity contribution in [3.8, 4) is 0 Å². The molecule has 90 valence electrons. The van der Waals surface area contributed by atoms with Crippen LogP contribution in [0.25, 0.3) is 11.0 Å². The van der Waals surface area contributed by atoms with Crippen LogP contribution in [0.4, 0.5) is 0 Å². The summed E-state index contributed by atoms with van der Waals surface area (Å²) in [5.41, 5.74) is 0.879. The molecule has 2 nitrogen and oxygen atoms in total. The standard InChI is InChI=1S/C14H15ClO2/c15-11-4-5-13-10(6-11)8-14(17-13)9-2-1-3-12(16)7-9/h4-6,8-9,12,16H,1-3,7H2. The van der Waals surface area contributed by atoms with Gasteiger partial charge in [0.2, 0.25) is 0 Å². The number of halogens is 1. The molecule has 0 radical (unpaired) electrons. The zero-order valence-corrected chi connectivity index (χ0v) is 10.3. The van der Waals surface area contributed by atoms with Crippen LogP contribution in [0.3, 0.4) is 0 Å². The third-order valence-electron chi connectivity index (χ3n) is 3.55. The van der Waals surface area contributed by atoms with Crippen LogP contribution < -0.4 is 0 Å². The van der Waals surface area contributed by atoms with E-state index in [9.17, 15) is 5.11 Å². The number of hydrogen-bond donors (Lipinski definition) is 1. The Kier molecular flexibility index (Phi) is 2.85. The van der Waals surface area contributed by atoms with E-state index in [4.69, 9.17) is 16.0 Å². The Balaban J connectivity index is 1.94. The quantitative estimate of drug-likeness (QED) is 0.827. The maximum atomic E-state index is 9.70. The highest BCUT2D eigenvalue weighted by atomic mass is 35.5. The van der Waals surface area contributed by atoms with Gasteiger partial charge in [0.05, 0.1) is 6.10 Å². The molecule has 1 aromatic heterocycles. The van der Waals surface area contributed by atoms with Gasteiger partial charge in [-0.05, 0) is 43.5 Å². The summed E-state index contributed by atoms with van der Waals surface area (Å²) in [5.74, 6) is 1.34. The molecule has 17 heavy (non-hydrogen) atoms. The third-order valence-corrected chi connectivity index (χ3v) is 3.78. The van der Waals surface area contributed by atoms with E-state index in [0.717, 1.165) is 47.4 Å². The molecule has 0 spiro atoms. The molecule has 3 rings (SSSR count). The molecule has 0 aliphatic heterocycles. The second kappa shape index (κ2) is 4.35. The average Bonchev–Trinajstić information content (AvgIpc) is 2.72. The fraction of sp³-hybridized carbons (Fsp3) is 0.429. The third kappa shape index (κ3) is 2.20. The van der Waals surface area contributed by atoms with Crippen molar-refractivity contribution in [1.82, 2.24) is 0 Å². The molecule has 0 saturated heterocycles. The van der Waals surface area contributed by atoms with Gasteiger partial charge in [-0.2, -0.15) is 0 Å². The van der Waals surface area contributed by atoms with Crippen LogP contribution in [0.5, 0.6) is 0 Å². The van der Waals surface area contributed by atoms with Crippen LogP contribution in [-0.2, 0) is 0 Å². The summed E-state index contributed by atoms with van der Waals surface area (Å²) in [5, 5.41) is 11.5. The predicted molar refractivity (Wildman–Crippen MR) is 68.4 cm³/mol. The Morgan fingerprint density at radius 1 is 1.24 bits per heavy atom. The highest BCUT2D eigenvalue weighted by Gasteiger charge is 2.24. The summed E-state index contributed by atoms with van der Waals surface area (Å²) in [6.45, 7) is 0.